The van der Waals surface area contributed by atoms with Crippen LogP contribution in [0.4, 0.5) is 0 Å². The van der Waals surface area contributed by atoms with Crippen LogP contribution in [0.5, 0.6) is 0 Å². The van der Waals surface area contributed by atoms with Gasteiger partial charge in [-0.1, -0.05) is 38.1 Å². The summed E-state index contributed by atoms with van der Waals surface area (Å²) < 4.78 is 0. The molecule has 2 aliphatic rings. The van der Waals surface area contributed by atoms with Gasteiger partial charge < -0.3 is 0 Å². The summed E-state index contributed by atoms with van der Waals surface area (Å²) >= 11 is 0. The summed E-state index contributed by atoms with van der Waals surface area (Å²) in [5, 5.41) is 2.81. The number of benzene rings is 1. The summed E-state index contributed by atoms with van der Waals surface area (Å²) in [6.07, 6.45) is 7.39. The molecule has 0 unspecified atom stereocenters. The monoisotopic (exact) mass is 294 g/mol. The molecule has 0 atom stereocenters. The molecule has 2 nitrogen and oxygen atoms in total. The van der Waals surface area contributed by atoms with E-state index in [9.17, 15) is 0 Å². The highest BCUT2D eigenvalue weighted by molar-refractivity contribution is 5.88. The van der Waals surface area contributed by atoms with Crippen LogP contribution in [0.3, 0.4) is 0 Å². The Morgan fingerprint density at radius 3 is 2.45 bits per heavy atom. The number of pyridine rings is 1. The van der Waals surface area contributed by atoms with E-state index in [2.05, 4.69) is 49.2 Å². The molecule has 1 aliphatic carbocycles. The van der Waals surface area contributed by atoms with Crippen molar-refractivity contribution in [2.24, 2.45) is 5.41 Å². The minimum atomic E-state index is 0.520. The van der Waals surface area contributed by atoms with Gasteiger partial charge in [0.05, 0.1) is 5.69 Å². The highest BCUT2D eigenvalue weighted by Crippen LogP contribution is 2.42. The molecule has 2 aromatic rings. The Kier molecular flexibility index (Phi) is 3.45. The van der Waals surface area contributed by atoms with Gasteiger partial charge in [-0.2, -0.15) is 0 Å². The number of likely N-dealkylation sites (tertiary alicyclic amines) is 1. The second kappa shape index (κ2) is 5.34. The third-order valence-corrected chi connectivity index (χ3v) is 5.48. The highest BCUT2D eigenvalue weighted by atomic mass is 15.1. The van der Waals surface area contributed by atoms with Gasteiger partial charge in [-0.3, -0.25) is 9.88 Å². The van der Waals surface area contributed by atoms with Crippen LogP contribution in [0.15, 0.2) is 30.5 Å². The second-order valence-electron chi connectivity index (χ2n) is 7.93. The predicted octanol–water partition coefficient (Wildman–Crippen LogP) is 4.73. The minimum absolute atomic E-state index is 0.520. The van der Waals surface area contributed by atoms with Crippen LogP contribution in [0.25, 0.3) is 10.8 Å². The molecule has 1 saturated heterocycles. The zero-order valence-corrected chi connectivity index (χ0v) is 13.8. The molecule has 1 aliphatic heterocycles. The quantitative estimate of drug-likeness (QED) is 0.813. The average Bonchev–Trinajstić information content (AvgIpc) is 3.34. The fourth-order valence-electron chi connectivity index (χ4n) is 3.64. The number of hydrogen-bond donors (Lipinski definition) is 0. The van der Waals surface area contributed by atoms with Crippen molar-refractivity contribution in [3.05, 3.63) is 41.7 Å². The maximum Gasteiger partial charge on any atom is 0.0512 e. The SMILES string of the molecule is CC1(C)CCN(Cc2cnc(C3CC3)c3ccccc23)CC1. The van der Waals surface area contributed by atoms with Gasteiger partial charge in [0.2, 0.25) is 0 Å². The smallest absolute Gasteiger partial charge is 0.0512 e. The first kappa shape index (κ1) is 14.2. The van der Waals surface area contributed by atoms with Crippen molar-refractivity contribution in [3.63, 3.8) is 0 Å². The molecular weight excluding hydrogens is 268 g/mol. The zero-order valence-electron chi connectivity index (χ0n) is 13.8. The van der Waals surface area contributed by atoms with Gasteiger partial charge >= 0.3 is 0 Å². The van der Waals surface area contributed by atoms with Gasteiger partial charge in [0, 0.05) is 24.0 Å². The van der Waals surface area contributed by atoms with Crippen LogP contribution in [0.2, 0.25) is 0 Å². The Labute approximate surface area is 133 Å². The van der Waals surface area contributed by atoms with Gasteiger partial charge in [0.25, 0.3) is 0 Å². The van der Waals surface area contributed by atoms with E-state index in [1.165, 1.54) is 60.8 Å². The minimum Gasteiger partial charge on any atom is -0.299 e. The van der Waals surface area contributed by atoms with E-state index >= 15 is 0 Å². The lowest BCUT2D eigenvalue weighted by molar-refractivity contribution is 0.127. The third-order valence-electron chi connectivity index (χ3n) is 5.48. The Morgan fingerprint density at radius 1 is 1.09 bits per heavy atom. The summed E-state index contributed by atoms with van der Waals surface area (Å²) in [6.45, 7) is 8.27. The lowest BCUT2D eigenvalue weighted by atomic mass is 9.82. The van der Waals surface area contributed by atoms with Crippen LogP contribution in [-0.2, 0) is 6.54 Å². The van der Waals surface area contributed by atoms with Gasteiger partial charge in [-0.15, -0.1) is 0 Å². The van der Waals surface area contributed by atoms with Crippen molar-refractivity contribution in [1.29, 1.82) is 0 Å². The lowest BCUT2D eigenvalue weighted by Gasteiger charge is -2.37. The molecule has 4 rings (SSSR count). The highest BCUT2D eigenvalue weighted by Gasteiger charge is 2.28. The summed E-state index contributed by atoms with van der Waals surface area (Å²) in [5.41, 5.74) is 3.26. The molecule has 1 aromatic heterocycles. The molecule has 116 valence electrons. The van der Waals surface area contributed by atoms with Crippen LogP contribution in [-0.4, -0.2) is 23.0 Å². The van der Waals surface area contributed by atoms with Crippen molar-refractivity contribution < 1.29 is 0 Å². The van der Waals surface area contributed by atoms with E-state index in [1.807, 2.05) is 0 Å². The lowest BCUT2D eigenvalue weighted by Crippen LogP contribution is -2.36. The van der Waals surface area contributed by atoms with Crippen LogP contribution in [0, 0.1) is 5.41 Å². The number of fused-ring (bicyclic) bond motifs is 1. The van der Waals surface area contributed by atoms with Gasteiger partial charge in [0.1, 0.15) is 0 Å². The van der Waals surface area contributed by atoms with E-state index in [1.54, 1.807) is 0 Å². The Hall–Kier alpha value is -1.41. The number of piperidine rings is 1. The third kappa shape index (κ3) is 2.77. The topological polar surface area (TPSA) is 16.1 Å². The largest absolute Gasteiger partial charge is 0.299 e. The van der Waals surface area contributed by atoms with Crippen molar-refractivity contribution in [3.8, 4) is 0 Å². The van der Waals surface area contributed by atoms with Gasteiger partial charge in [0.15, 0.2) is 0 Å². The molecule has 0 radical (unpaired) electrons. The molecule has 0 amide bonds. The molecular formula is C20H26N2. The normalized spacial score (nSPS) is 22.1. The van der Waals surface area contributed by atoms with E-state index in [0.717, 1.165) is 12.5 Å². The number of aromatic nitrogens is 1. The molecule has 0 spiro atoms. The van der Waals surface area contributed by atoms with Crippen molar-refractivity contribution >= 4 is 10.8 Å². The molecule has 2 fully saturated rings. The first-order valence-corrected chi connectivity index (χ1v) is 8.71. The van der Waals surface area contributed by atoms with E-state index in [-0.39, 0.29) is 0 Å². The molecule has 22 heavy (non-hydrogen) atoms. The van der Waals surface area contributed by atoms with E-state index in [4.69, 9.17) is 4.98 Å². The van der Waals surface area contributed by atoms with Crippen LogP contribution >= 0.6 is 0 Å². The van der Waals surface area contributed by atoms with E-state index < -0.39 is 0 Å². The zero-order chi connectivity index (χ0) is 15.2. The van der Waals surface area contributed by atoms with Crippen LogP contribution in [0.1, 0.15) is 56.7 Å². The number of rotatable bonds is 3. The standard InChI is InChI=1S/C20H26N2/c1-20(2)9-11-22(12-10-20)14-16-13-21-19(15-7-8-15)18-6-4-3-5-17(16)18/h3-6,13,15H,7-12,14H2,1-2H3. The van der Waals surface area contributed by atoms with Crippen molar-refractivity contribution in [1.82, 2.24) is 9.88 Å². The predicted molar refractivity (Wildman–Crippen MR) is 92.0 cm³/mol. The maximum absolute atomic E-state index is 4.84. The molecule has 1 saturated carbocycles. The van der Waals surface area contributed by atoms with E-state index in [0.29, 0.717) is 5.41 Å². The number of hydrogen-bond acceptors (Lipinski definition) is 2. The van der Waals surface area contributed by atoms with Crippen molar-refractivity contribution in [2.75, 3.05) is 13.1 Å². The Balaban J connectivity index is 1.61. The summed E-state index contributed by atoms with van der Waals surface area (Å²) in [4.78, 5) is 7.44. The van der Waals surface area contributed by atoms with Gasteiger partial charge in [-0.25, -0.2) is 0 Å². The summed E-state index contributed by atoms with van der Waals surface area (Å²) in [5.74, 6) is 0.717. The van der Waals surface area contributed by atoms with Gasteiger partial charge in [-0.05, 0) is 55.1 Å². The summed E-state index contributed by atoms with van der Waals surface area (Å²) in [7, 11) is 0. The fraction of sp³-hybridized carbons (Fsp3) is 0.550. The van der Waals surface area contributed by atoms with Crippen LogP contribution < -0.4 is 0 Å². The average molecular weight is 294 g/mol. The Morgan fingerprint density at radius 2 is 1.77 bits per heavy atom. The first-order chi connectivity index (χ1) is 10.6. The molecule has 2 heterocycles. The van der Waals surface area contributed by atoms with Crippen molar-refractivity contribution in [2.45, 2.75) is 52.0 Å². The first-order valence-electron chi connectivity index (χ1n) is 8.71. The second-order valence-corrected chi connectivity index (χ2v) is 7.93. The molecule has 0 N–H and O–H groups in total. The maximum atomic E-state index is 4.84. The molecule has 0 bridgehead atoms. The molecule has 2 heteroatoms. The Bertz CT molecular complexity index is 675. The summed E-state index contributed by atoms with van der Waals surface area (Å²) in [6, 6.07) is 8.87. The number of nitrogens with zero attached hydrogens (tertiary/aromatic N) is 2. The molecule has 1 aromatic carbocycles. The fourth-order valence-corrected chi connectivity index (χ4v) is 3.64.